The molecule has 2 aromatic heterocycles. The van der Waals surface area contributed by atoms with Crippen molar-refractivity contribution in [1.29, 1.82) is 0 Å². The Morgan fingerprint density at radius 1 is 1.00 bits per heavy atom. The Morgan fingerprint density at radius 3 is 2.41 bits per heavy atom. The molecule has 2 amide bonds. The topological polar surface area (TPSA) is 106 Å². The summed E-state index contributed by atoms with van der Waals surface area (Å²) in [5, 5.41) is 9.38. The van der Waals surface area contributed by atoms with E-state index in [0.717, 1.165) is 17.5 Å². The number of pyridine rings is 1. The Hall–Kier alpha value is -3.88. The Bertz CT molecular complexity index is 1120. The minimum atomic E-state index is -0.544. The van der Waals surface area contributed by atoms with E-state index in [1.807, 2.05) is 0 Å². The monoisotopic (exact) mass is 393 g/mol. The largest absolute Gasteiger partial charge is 0.319 e. The minimum Gasteiger partial charge on any atom is -0.319 e. The second-order valence-electron chi connectivity index (χ2n) is 6.59. The Labute approximate surface area is 164 Å². The lowest BCUT2D eigenvalue weighted by Crippen LogP contribution is -2.25. The van der Waals surface area contributed by atoms with Gasteiger partial charge in [0.15, 0.2) is 0 Å². The maximum atomic E-state index is 13.1. The van der Waals surface area contributed by atoms with Crippen molar-refractivity contribution in [2.75, 3.05) is 10.6 Å². The number of nitrogens with zero attached hydrogens (tertiary/aromatic N) is 3. The van der Waals surface area contributed by atoms with E-state index >= 15 is 0 Å². The molecule has 1 saturated carbocycles. The molecule has 0 radical (unpaired) electrons. The number of hydrogen-bond acceptors (Lipinski definition) is 5. The first kappa shape index (κ1) is 18.5. The summed E-state index contributed by atoms with van der Waals surface area (Å²) in [6.45, 7) is 0. The lowest BCUT2D eigenvalue weighted by Gasteiger charge is -2.08. The number of carbonyl (C=O) groups excluding carboxylic acids is 2. The molecule has 0 atom stereocenters. The zero-order valence-electron chi connectivity index (χ0n) is 15.1. The molecule has 9 heteroatoms. The zero-order valence-corrected chi connectivity index (χ0v) is 15.1. The molecule has 0 bridgehead atoms. The molecule has 2 heterocycles. The SMILES string of the molecule is O=C(Nc1ccc(NC(=O)C2CC2)nc1)c1ccc(=O)n(-c2ccc(F)cc2)n1. The summed E-state index contributed by atoms with van der Waals surface area (Å²) in [5.74, 6) is -0.569. The molecule has 0 aliphatic heterocycles. The Morgan fingerprint density at radius 2 is 1.76 bits per heavy atom. The van der Waals surface area contributed by atoms with Crippen LogP contribution >= 0.6 is 0 Å². The highest BCUT2D eigenvalue weighted by Gasteiger charge is 2.29. The molecule has 0 saturated heterocycles. The standard InChI is InChI=1S/C20H16FN5O3/c21-13-3-6-15(7-4-13)26-18(27)10-8-16(25-26)20(29)23-14-5-9-17(22-11-14)24-19(28)12-1-2-12/h3-12H,1-2H2,(H,23,29)(H,22,24,28). The second kappa shape index (κ2) is 7.63. The molecule has 2 N–H and O–H groups in total. The molecule has 4 rings (SSSR count). The molecule has 3 aromatic rings. The number of rotatable bonds is 5. The van der Waals surface area contributed by atoms with Crippen LogP contribution in [0.15, 0.2) is 59.5 Å². The van der Waals surface area contributed by atoms with Gasteiger partial charge in [0, 0.05) is 12.0 Å². The average Bonchev–Trinajstić information content (AvgIpc) is 3.56. The highest BCUT2D eigenvalue weighted by atomic mass is 19.1. The molecule has 29 heavy (non-hydrogen) atoms. The first-order valence-electron chi connectivity index (χ1n) is 8.94. The molecule has 1 fully saturated rings. The van der Waals surface area contributed by atoms with Crippen LogP contribution in [0.3, 0.4) is 0 Å². The molecular weight excluding hydrogens is 377 g/mol. The highest BCUT2D eigenvalue weighted by Crippen LogP contribution is 2.29. The summed E-state index contributed by atoms with van der Waals surface area (Å²) in [4.78, 5) is 40.4. The van der Waals surface area contributed by atoms with E-state index in [9.17, 15) is 18.8 Å². The van der Waals surface area contributed by atoms with Crippen LogP contribution in [0.1, 0.15) is 23.3 Å². The first-order chi connectivity index (χ1) is 14.0. The van der Waals surface area contributed by atoms with E-state index in [0.29, 0.717) is 17.2 Å². The second-order valence-corrected chi connectivity index (χ2v) is 6.59. The number of halogens is 1. The zero-order chi connectivity index (χ0) is 20.4. The maximum absolute atomic E-state index is 13.1. The van der Waals surface area contributed by atoms with E-state index in [-0.39, 0.29) is 17.5 Å². The van der Waals surface area contributed by atoms with Crippen LogP contribution < -0.4 is 16.2 Å². The van der Waals surface area contributed by atoms with Crippen LogP contribution in [0, 0.1) is 11.7 Å². The predicted octanol–water partition coefficient (Wildman–Crippen LogP) is 2.37. The van der Waals surface area contributed by atoms with Crippen molar-refractivity contribution in [2.45, 2.75) is 12.8 Å². The van der Waals surface area contributed by atoms with Crippen molar-refractivity contribution in [1.82, 2.24) is 14.8 Å². The van der Waals surface area contributed by atoms with Crippen molar-refractivity contribution in [3.05, 3.63) is 76.6 Å². The van der Waals surface area contributed by atoms with Crippen LogP contribution in [-0.2, 0) is 4.79 Å². The molecule has 146 valence electrons. The number of nitrogens with one attached hydrogen (secondary N) is 2. The third-order valence-electron chi connectivity index (χ3n) is 4.32. The summed E-state index contributed by atoms with van der Waals surface area (Å²) in [5.41, 5.74) is 0.287. The van der Waals surface area contributed by atoms with Gasteiger partial charge in [-0.2, -0.15) is 9.78 Å². The average molecular weight is 393 g/mol. The van der Waals surface area contributed by atoms with Crippen LogP contribution in [0.25, 0.3) is 5.69 Å². The quantitative estimate of drug-likeness (QED) is 0.692. The Kier molecular flexibility index (Phi) is 4.86. The van der Waals surface area contributed by atoms with Gasteiger partial charge >= 0.3 is 0 Å². The molecule has 0 unspecified atom stereocenters. The van der Waals surface area contributed by atoms with Gasteiger partial charge in [-0.15, -0.1) is 0 Å². The van der Waals surface area contributed by atoms with Gasteiger partial charge in [0.05, 0.1) is 17.6 Å². The molecule has 1 aliphatic rings. The van der Waals surface area contributed by atoms with Gasteiger partial charge in [0.1, 0.15) is 17.3 Å². The number of hydrogen-bond donors (Lipinski definition) is 2. The van der Waals surface area contributed by atoms with Gasteiger partial charge in [-0.3, -0.25) is 14.4 Å². The van der Waals surface area contributed by atoms with Crippen LogP contribution in [-0.4, -0.2) is 26.6 Å². The van der Waals surface area contributed by atoms with Crippen molar-refractivity contribution >= 4 is 23.3 Å². The summed E-state index contributed by atoms with van der Waals surface area (Å²) >= 11 is 0. The van der Waals surface area contributed by atoms with E-state index in [1.54, 1.807) is 12.1 Å². The fourth-order valence-corrected chi connectivity index (χ4v) is 2.61. The van der Waals surface area contributed by atoms with Gasteiger partial charge in [-0.1, -0.05) is 0 Å². The highest BCUT2D eigenvalue weighted by molar-refractivity contribution is 6.02. The Balaban J connectivity index is 1.48. The van der Waals surface area contributed by atoms with E-state index in [4.69, 9.17) is 0 Å². The lowest BCUT2D eigenvalue weighted by molar-refractivity contribution is -0.117. The fourth-order valence-electron chi connectivity index (χ4n) is 2.61. The third kappa shape index (κ3) is 4.34. The van der Waals surface area contributed by atoms with Crippen LogP contribution in [0.5, 0.6) is 0 Å². The fraction of sp³-hybridized carbons (Fsp3) is 0.150. The molecule has 1 aliphatic carbocycles. The number of aromatic nitrogens is 3. The normalized spacial score (nSPS) is 13.0. The summed E-state index contributed by atoms with van der Waals surface area (Å²) < 4.78 is 14.1. The number of anilines is 2. The number of amides is 2. The van der Waals surface area contributed by atoms with Crippen molar-refractivity contribution in [3.8, 4) is 5.69 Å². The summed E-state index contributed by atoms with van der Waals surface area (Å²) in [6.07, 6.45) is 3.20. The number of carbonyl (C=O) groups is 2. The van der Waals surface area contributed by atoms with Crippen molar-refractivity contribution in [3.63, 3.8) is 0 Å². The smallest absolute Gasteiger partial charge is 0.276 e. The van der Waals surface area contributed by atoms with Gasteiger partial charge in [-0.25, -0.2) is 9.37 Å². The number of benzene rings is 1. The summed E-state index contributed by atoms with van der Waals surface area (Å²) in [6, 6.07) is 10.9. The van der Waals surface area contributed by atoms with E-state index in [1.165, 1.54) is 42.6 Å². The van der Waals surface area contributed by atoms with Gasteiger partial charge in [0.25, 0.3) is 11.5 Å². The van der Waals surface area contributed by atoms with E-state index in [2.05, 4.69) is 20.7 Å². The van der Waals surface area contributed by atoms with Crippen molar-refractivity contribution in [2.24, 2.45) is 5.92 Å². The van der Waals surface area contributed by atoms with Gasteiger partial charge in [-0.05, 0) is 55.3 Å². The molecule has 8 nitrogen and oxygen atoms in total. The third-order valence-corrected chi connectivity index (χ3v) is 4.32. The first-order valence-corrected chi connectivity index (χ1v) is 8.94. The van der Waals surface area contributed by atoms with Gasteiger partial charge < -0.3 is 10.6 Å². The predicted molar refractivity (Wildman–Crippen MR) is 103 cm³/mol. The van der Waals surface area contributed by atoms with Gasteiger partial charge in [0.2, 0.25) is 5.91 Å². The molecule has 0 spiro atoms. The summed E-state index contributed by atoms with van der Waals surface area (Å²) in [7, 11) is 0. The lowest BCUT2D eigenvalue weighted by atomic mass is 10.3. The molecule has 1 aromatic carbocycles. The van der Waals surface area contributed by atoms with E-state index < -0.39 is 17.3 Å². The van der Waals surface area contributed by atoms with Crippen molar-refractivity contribution < 1.29 is 14.0 Å². The maximum Gasteiger partial charge on any atom is 0.276 e. The minimum absolute atomic E-state index is 0.0000349. The van der Waals surface area contributed by atoms with Crippen LogP contribution in [0.4, 0.5) is 15.9 Å². The van der Waals surface area contributed by atoms with Crippen LogP contribution in [0.2, 0.25) is 0 Å². The molecular formula is C20H16FN5O3.